The summed E-state index contributed by atoms with van der Waals surface area (Å²) in [5.74, 6) is 1.35. The fourth-order valence-electron chi connectivity index (χ4n) is 1.06. The highest BCUT2D eigenvalue weighted by molar-refractivity contribution is 4.86. The van der Waals surface area contributed by atoms with Gasteiger partial charge in [0.05, 0.1) is 13.2 Å². The lowest BCUT2D eigenvalue weighted by molar-refractivity contribution is 0.149. The van der Waals surface area contributed by atoms with E-state index in [4.69, 9.17) is 9.26 Å². The summed E-state index contributed by atoms with van der Waals surface area (Å²) in [7, 11) is 0. The van der Waals surface area contributed by atoms with Crippen molar-refractivity contribution < 1.29 is 9.26 Å². The van der Waals surface area contributed by atoms with Crippen LogP contribution < -0.4 is 5.32 Å². The summed E-state index contributed by atoms with van der Waals surface area (Å²) in [6, 6.07) is 0.420. The van der Waals surface area contributed by atoms with E-state index in [2.05, 4.69) is 29.3 Å². The molecule has 15 heavy (non-hydrogen) atoms. The molecule has 0 fully saturated rings. The predicted molar refractivity (Wildman–Crippen MR) is 56.5 cm³/mol. The Morgan fingerprint density at radius 3 is 2.93 bits per heavy atom. The number of aromatic nitrogens is 2. The fourth-order valence-corrected chi connectivity index (χ4v) is 1.06. The summed E-state index contributed by atoms with van der Waals surface area (Å²) in [6.45, 7) is 8.11. The highest BCUT2D eigenvalue weighted by atomic mass is 16.5. The van der Waals surface area contributed by atoms with E-state index in [1.165, 1.54) is 0 Å². The molecule has 1 aromatic heterocycles. The molecule has 0 bridgehead atoms. The van der Waals surface area contributed by atoms with Crippen molar-refractivity contribution in [2.24, 2.45) is 0 Å². The number of nitrogens with one attached hydrogen (secondary N) is 1. The first-order chi connectivity index (χ1) is 7.22. The van der Waals surface area contributed by atoms with Crippen LogP contribution in [0, 0.1) is 0 Å². The Morgan fingerprint density at radius 1 is 1.47 bits per heavy atom. The number of ether oxygens (including phenoxy) is 1. The van der Waals surface area contributed by atoms with Crippen LogP contribution in [0.5, 0.6) is 0 Å². The van der Waals surface area contributed by atoms with Crippen molar-refractivity contribution in [2.45, 2.75) is 39.8 Å². The summed E-state index contributed by atoms with van der Waals surface area (Å²) in [4.78, 5) is 4.23. The van der Waals surface area contributed by atoms with E-state index < -0.39 is 0 Å². The van der Waals surface area contributed by atoms with Gasteiger partial charge in [0.2, 0.25) is 5.89 Å². The summed E-state index contributed by atoms with van der Waals surface area (Å²) < 4.78 is 10.3. The van der Waals surface area contributed by atoms with Crippen LogP contribution in [0.2, 0.25) is 0 Å². The molecular formula is C10H19N3O2. The van der Waals surface area contributed by atoms with Crippen LogP contribution >= 0.6 is 0 Å². The highest BCUT2D eigenvalue weighted by Gasteiger charge is 2.05. The van der Waals surface area contributed by atoms with Gasteiger partial charge < -0.3 is 14.6 Å². The zero-order valence-corrected chi connectivity index (χ0v) is 9.62. The quantitative estimate of drug-likeness (QED) is 0.688. The van der Waals surface area contributed by atoms with Crippen LogP contribution in [0.15, 0.2) is 4.52 Å². The second-order valence-corrected chi connectivity index (χ2v) is 3.59. The van der Waals surface area contributed by atoms with Gasteiger partial charge in [-0.05, 0) is 6.92 Å². The molecule has 0 spiro atoms. The minimum atomic E-state index is 0.420. The number of rotatable bonds is 7. The first-order valence-corrected chi connectivity index (χ1v) is 5.35. The van der Waals surface area contributed by atoms with Crippen LogP contribution in [-0.2, 0) is 17.7 Å². The summed E-state index contributed by atoms with van der Waals surface area (Å²) in [5.41, 5.74) is 0. The molecule has 0 aromatic carbocycles. The predicted octanol–water partition coefficient (Wildman–Crippen LogP) is 1.15. The SMILES string of the molecule is CCOCCc1noc(CNC(C)C)n1. The van der Waals surface area contributed by atoms with Crippen molar-refractivity contribution >= 4 is 0 Å². The third kappa shape index (κ3) is 4.90. The lowest BCUT2D eigenvalue weighted by Crippen LogP contribution is -2.21. The van der Waals surface area contributed by atoms with Crippen molar-refractivity contribution in [3.05, 3.63) is 11.7 Å². The van der Waals surface area contributed by atoms with Crippen LogP contribution in [0.3, 0.4) is 0 Å². The molecule has 0 unspecified atom stereocenters. The van der Waals surface area contributed by atoms with Crippen LogP contribution in [-0.4, -0.2) is 29.4 Å². The van der Waals surface area contributed by atoms with Gasteiger partial charge in [-0.15, -0.1) is 0 Å². The maximum absolute atomic E-state index is 5.21. The lowest BCUT2D eigenvalue weighted by atomic mass is 10.4. The van der Waals surface area contributed by atoms with E-state index in [0.29, 0.717) is 37.3 Å². The molecule has 86 valence electrons. The van der Waals surface area contributed by atoms with Crippen LogP contribution in [0.1, 0.15) is 32.5 Å². The molecule has 0 atom stereocenters. The Morgan fingerprint density at radius 2 is 2.27 bits per heavy atom. The van der Waals surface area contributed by atoms with Gasteiger partial charge in [0, 0.05) is 19.1 Å². The first kappa shape index (κ1) is 12.1. The van der Waals surface area contributed by atoms with E-state index in [1.54, 1.807) is 0 Å². The molecule has 1 N–H and O–H groups in total. The second-order valence-electron chi connectivity index (χ2n) is 3.59. The van der Waals surface area contributed by atoms with Crippen molar-refractivity contribution in [1.29, 1.82) is 0 Å². The van der Waals surface area contributed by atoms with E-state index in [0.717, 1.165) is 6.61 Å². The standard InChI is InChI=1S/C10H19N3O2/c1-4-14-6-5-9-12-10(15-13-9)7-11-8(2)3/h8,11H,4-7H2,1-3H3. The van der Waals surface area contributed by atoms with Gasteiger partial charge in [-0.2, -0.15) is 4.98 Å². The normalized spacial score (nSPS) is 11.2. The average molecular weight is 213 g/mol. The molecule has 0 saturated carbocycles. The van der Waals surface area contributed by atoms with Gasteiger partial charge in [0.1, 0.15) is 0 Å². The third-order valence-corrected chi connectivity index (χ3v) is 1.85. The van der Waals surface area contributed by atoms with Crippen molar-refractivity contribution in [1.82, 2.24) is 15.5 Å². The molecule has 0 aliphatic heterocycles. The Balaban J connectivity index is 2.29. The molecular weight excluding hydrogens is 194 g/mol. The summed E-state index contributed by atoms with van der Waals surface area (Å²) in [6.07, 6.45) is 0.707. The molecule has 0 saturated heterocycles. The van der Waals surface area contributed by atoms with E-state index in [9.17, 15) is 0 Å². The summed E-state index contributed by atoms with van der Waals surface area (Å²) >= 11 is 0. The largest absolute Gasteiger partial charge is 0.381 e. The Bertz CT molecular complexity index is 273. The Labute approximate surface area is 90.2 Å². The highest BCUT2D eigenvalue weighted by Crippen LogP contribution is 1.98. The zero-order chi connectivity index (χ0) is 11.1. The van der Waals surface area contributed by atoms with Gasteiger partial charge in [-0.25, -0.2) is 0 Å². The van der Waals surface area contributed by atoms with Crippen molar-refractivity contribution in [3.63, 3.8) is 0 Å². The third-order valence-electron chi connectivity index (χ3n) is 1.85. The van der Waals surface area contributed by atoms with Gasteiger partial charge in [-0.3, -0.25) is 0 Å². The topological polar surface area (TPSA) is 60.2 Å². The fraction of sp³-hybridized carbons (Fsp3) is 0.800. The van der Waals surface area contributed by atoms with E-state index in [-0.39, 0.29) is 0 Å². The lowest BCUT2D eigenvalue weighted by Gasteiger charge is -2.02. The molecule has 1 rings (SSSR count). The maximum atomic E-state index is 5.21. The van der Waals surface area contributed by atoms with E-state index >= 15 is 0 Å². The minimum absolute atomic E-state index is 0.420. The Hall–Kier alpha value is -0.940. The van der Waals surface area contributed by atoms with E-state index in [1.807, 2.05) is 6.92 Å². The van der Waals surface area contributed by atoms with Gasteiger partial charge in [-0.1, -0.05) is 19.0 Å². The zero-order valence-electron chi connectivity index (χ0n) is 9.62. The smallest absolute Gasteiger partial charge is 0.240 e. The monoisotopic (exact) mass is 213 g/mol. The second kappa shape index (κ2) is 6.53. The van der Waals surface area contributed by atoms with Crippen molar-refractivity contribution in [3.8, 4) is 0 Å². The molecule has 0 aliphatic rings. The van der Waals surface area contributed by atoms with Crippen molar-refractivity contribution in [2.75, 3.05) is 13.2 Å². The number of hydrogen-bond donors (Lipinski definition) is 1. The molecule has 0 aliphatic carbocycles. The van der Waals surface area contributed by atoms with Gasteiger partial charge in [0.25, 0.3) is 0 Å². The minimum Gasteiger partial charge on any atom is -0.381 e. The molecule has 0 amide bonds. The van der Waals surface area contributed by atoms with Crippen LogP contribution in [0.4, 0.5) is 0 Å². The van der Waals surface area contributed by atoms with Gasteiger partial charge in [0.15, 0.2) is 5.82 Å². The number of nitrogens with zero attached hydrogens (tertiary/aromatic N) is 2. The maximum Gasteiger partial charge on any atom is 0.240 e. The average Bonchev–Trinajstić information content (AvgIpc) is 2.63. The molecule has 1 aromatic rings. The first-order valence-electron chi connectivity index (χ1n) is 5.35. The molecule has 5 heteroatoms. The number of hydrogen-bond acceptors (Lipinski definition) is 5. The van der Waals surface area contributed by atoms with Gasteiger partial charge >= 0.3 is 0 Å². The molecule has 1 heterocycles. The summed E-state index contributed by atoms with van der Waals surface area (Å²) in [5, 5.41) is 7.07. The molecule has 0 radical (unpaired) electrons. The Kier molecular flexibility index (Phi) is 5.28. The molecule has 5 nitrogen and oxygen atoms in total. The van der Waals surface area contributed by atoms with Crippen LogP contribution in [0.25, 0.3) is 0 Å².